The molecule has 0 unspecified atom stereocenters. The van der Waals surface area contributed by atoms with Crippen LogP contribution in [0.1, 0.15) is 18.9 Å². The summed E-state index contributed by atoms with van der Waals surface area (Å²) in [5.74, 6) is 2.99. The van der Waals surface area contributed by atoms with Crippen molar-refractivity contribution in [3.8, 4) is 11.5 Å². The van der Waals surface area contributed by atoms with Crippen LogP contribution in [0.3, 0.4) is 0 Å². The van der Waals surface area contributed by atoms with Crippen molar-refractivity contribution < 1.29 is 9.47 Å². The molecular formula is C21H26N4O2. The van der Waals surface area contributed by atoms with E-state index in [1.54, 1.807) is 14.2 Å². The molecule has 0 atom stereocenters. The van der Waals surface area contributed by atoms with Gasteiger partial charge in [-0.05, 0) is 42.7 Å². The lowest BCUT2D eigenvalue weighted by Crippen LogP contribution is -2.10. The van der Waals surface area contributed by atoms with Crippen molar-refractivity contribution in [2.75, 3.05) is 37.9 Å². The van der Waals surface area contributed by atoms with Crippen molar-refractivity contribution in [2.24, 2.45) is 0 Å². The third-order valence-electron chi connectivity index (χ3n) is 4.29. The van der Waals surface area contributed by atoms with Gasteiger partial charge in [0, 0.05) is 18.5 Å². The molecule has 0 aliphatic rings. The van der Waals surface area contributed by atoms with Crippen LogP contribution >= 0.6 is 0 Å². The van der Waals surface area contributed by atoms with Gasteiger partial charge in [-0.1, -0.05) is 25.1 Å². The monoisotopic (exact) mass is 366 g/mol. The van der Waals surface area contributed by atoms with Crippen LogP contribution in [0.25, 0.3) is 10.9 Å². The molecule has 0 saturated carbocycles. The molecule has 2 N–H and O–H groups in total. The quantitative estimate of drug-likeness (QED) is 0.594. The Bertz CT molecular complexity index is 898. The molecule has 1 heterocycles. The summed E-state index contributed by atoms with van der Waals surface area (Å²) in [5, 5.41) is 7.75. The zero-order valence-electron chi connectivity index (χ0n) is 16.1. The van der Waals surface area contributed by atoms with Crippen molar-refractivity contribution in [1.82, 2.24) is 9.97 Å². The molecule has 0 radical (unpaired) electrons. The van der Waals surface area contributed by atoms with E-state index in [9.17, 15) is 0 Å². The Balaban J connectivity index is 1.74. The first kappa shape index (κ1) is 18.8. The maximum absolute atomic E-state index is 5.38. The van der Waals surface area contributed by atoms with E-state index in [0.717, 1.165) is 54.2 Å². The topological polar surface area (TPSA) is 68.3 Å². The standard InChI is InChI=1S/C21H26N4O2/c1-4-12-23-21-24-17-8-6-5-7-16(17)20(25-21)22-13-11-15-9-10-18(26-2)19(14-15)27-3/h5-10,14H,4,11-13H2,1-3H3,(H2,22,23,24,25). The molecule has 0 spiro atoms. The number of nitrogens with one attached hydrogen (secondary N) is 2. The summed E-state index contributed by atoms with van der Waals surface area (Å²) < 4.78 is 10.7. The minimum Gasteiger partial charge on any atom is -0.493 e. The van der Waals surface area contributed by atoms with Crippen LogP contribution < -0.4 is 20.1 Å². The number of ether oxygens (including phenoxy) is 2. The van der Waals surface area contributed by atoms with E-state index in [2.05, 4.69) is 33.6 Å². The van der Waals surface area contributed by atoms with E-state index >= 15 is 0 Å². The lowest BCUT2D eigenvalue weighted by molar-refractivity contribution is 0.354. The summed E-state index contributed by atoms with van der Waals surface area (Å²) in [6, 6.07) is 14.0. The van der Waals surface area contributed by atoms with Crippen LogP contribution in [0.5, 0.6) is 11.5 Å². The Morgan fingerprint density at radius 3 is 2.48 bits per heavy atom. The molecular weight excluding hydrogens is 340 g/mol. The first-order valence-electron chi connectivity index (χ1n) is 9.20. The van der Waals surface area contributed by atoms with Gasteiger partial charge in [-0.25, -0.2) is 4.98 Å². The van der Waals surface area contributed by atoms with Gasteiger partial charge in [-0.2, -0.15) is 4.98 Å². The number of hydrogen-bond donors (Lipinski definition) is 2. The van der Waals surface area contributed by atoms with E-state index in [-0.39, 0.29) is 0 Å². The van der Waals surface area contributed by atoms with Crippen molar-refractivity contribution in [3.05, 3.63) is 48.0 Å². The normalized spacial score (nSPS) is 10.6. The number of benzene rings is 2. The van der Waals surface area contributed by atoms with E-state index < -0.39 is 0 Å². The van der Waals surface area contributed by atoms with Crippen molar-refractivity contribution in [2.45, 2.75) is 19.8 Å². The predicted molar refractivity (Wildman–Crippen MR) is 110 cm³/mol. The lowest BCUT2D eigenvalue weighted by atomic mass is 10.1. The number of anilines is 2. The molecule has 27 heavy (non-hydrogen) atoms. The largest absolute Gasteiger partial charge is 0.493 e. The second-order valence-electron chi connectivity index (χ2n) is 6.21. The van der Waals surface area contributed by atoms with Crippen LogP contribution in [0.2, 0.25) is 0 Å². The van der Waals surface area contributed by atoms with Gasteiger partial charge in [0.05, 0.1) is 19.7 Å². The zero-order valence-corrected chi connectivity index (χ0v) is 16.1. The summed E-state index contributed by atoms with van der Waals surface area (Å²) >= 11 is 0. The SMILES string of the molecule is CCCNc1nc(NCCc2ccc(OC)c(OC)c2)c2ccccc2n1. The van der Waals surface area contributed by atoms with Gasteiger partial charge in [0.2, 0.25) is 5.95 Å². The smallest absolute Gasteiger partial charge is 0.225 e. The number of rotatable bonds is 9. The third kappa shape index (κ3) is 4.58. The third-order valence-corrected chi connectivity index (χ3v) is 4.29. The molecule has 0 fully saturated rings. The number of fused-ring (bicyclic) bond motifs is 1. The molecule has 0 amide bonds. The molecule has 0 aliphatic heterocycles. The Morgan fingerprint density at radius 2 is 1.70 bits per heavy atom. The van der Waals surface area contributed by atoms with Gasteiger partial charge in [0.15, 0.2) is 11.5 Å². The van der Waals surface area contributed by atoms with Gasteiger partial charge in [-0.15, -0.1) is 0 Å². The molecule has 0 bridgehead atoms. The first-order chi connectivity index (χ1) is 13.2. The summed E-state index contributed by atoms with van der Waals surface area (Å²) in [5.41, 5.74) is 2.10. The second kappa shape index (κ2) is 9.07. The van der Waals surface area contributed by atoms with Crippen LogP contribution in [0.15, 0.2) is 42.5 Å². The second-order valence-corrected chi connectivity index (χ2v) is 6.21. The molecule has 1 aromatic heterocycles. The number of methoxy groups -OCH3 is 2. The summed E-state index contributed by atoms with van der Waals surface area (Å²) in [6.07, 6.45) is 1.87. The van der Waals surface area contributed by atoms with Crippen molar-refractivity contribution >= 4 is 22.7 Å². The Hall–Kier alpha value is -3.02. The average molecular weight is 366 g/mol. The molecule has 3 rings (SSSR count). The highest BCUT2D eigenvalue weighted by Gasteiger charge is 2.08. The van der Waals surface area contributed by atoms with Gasteiger partial charge in [0.1, 0.15) is 5.82 Å². The number of aromatic nitrogens is 2. The van der Waals surface area contributed by atoms with Crippen LogP contribution in [-0.2, 0) is 6.42 Å². The van der Waals surface area contributed by atoms with Gasteiger partial charge in [-0.3, -0.25) is 0 Å². The van der Waals surface area contributed by atoms with E-state index in [4.69, 9.17) is 9.47 Å². The van der Waals surface area contributed by atoms with Crippen LogP contribution in [0, 0.1) is 0 Å². The molecule has 6 heteroatoms. The minimum atomic E-state index is 0.657. The molecule has 6 nitrogen and oxygen atoms in total. The van der Waals surface area contributed by atoms with Crippen LogP contribution in [-0.4, -0.2) is 37.3 Å². The zero-order chi connectivity index (χ0) is 19.1. The maximum Gasteiger partial charge on any atom is 0.225 e. The highest BCUT2D eigenvalue weighted by atomic mass is 16.5. The summed E-state index contributed by atoms with van der Waals surface area (Å²) in [7, 11) is 3.29. The summed E-state index contributed by atoms with van der Waals surface area (Å²) in [6.45, 7) is 3.73. The average Bonchev–Trinajstić information content (AvgIpc) is 2.72. The molecule has 2 aromatic carbocycles. The molecule has 0 saturated heterocycles. The maximum atomic E-state index is 5.38. The minimum absolute atomic E-state index is 0.657. The predicted octanol–water partition coefficient (Wildman–Crippen LogP) is 4.12. The lowest BCUT2D eigenvalue weighted by Gasteiger charge is -2.12. The number of hydrogen-bond acceptors (Lipinski definition) is 6. The number of nitrogens with zero attached hydrogens (tertiary/aromatic N) is 2. The van der Waals surface area contributed by atoms with E-state index in [1.807, 2.05) is 36.4 Å². The molecule has 0 aliphatic carbocycles. The van der Waals surface area contributed by atoms with E-state index in [0.29, 0.717) is 5.95 Å². The summed E-state index contributed by atoms with van der Waals surface area (Å²) in [4.78, 5) is 9.24. The fraction of sp³-hybridized carbons (Fsp3) is 0.333. The van der Waals surface area contributed by atoms with Crippen molar-refractivity contribution in [1.29, 1.82) is 0 Å². The fourth-order valence-corrected chi connectivity index (χ4v) is 2.89. The van der Waals surface area contributed by atoms with Gasteiger partial charge >= 0.3 is 0 Å². The highest BCUT2D eigenvalue weighted by molar-refractivity contribution is 5.90. The van der Waals surface area contributed by atoms with Crippen LogP contribution in [0.4, 0.5) is 11.8 Å². The Labute approximate surface area is 159 Å². The highest BCUT2D eigenvalue weighted by Crippen LogP contribution is 2.28. The molecule has 142 valence electrons. The van der Waals surface area contributed by atoms with Gasteiger partial charge < -0.3 is 20.1 Å². The van der Waals surface area contributed by atoms with Gasteiger partial charge in [0.25, 0.3) is 0 Å². The Kier molecular flexibility index (Phi) is 6.30. The van der Waals surface area contributed by atoms with E-state index in [1.165, 1.54) is 5.56 Å². The van der Waals surface area contributed by atoms with Crippen molar-refractivity contribution in [3.63, 3.8) is 0 Å². The first-order valence-corrected chi connectivity index (χ1v) is 9.20. The molecule has 3 aromatic rings. The Morgan fingerprint density at radius 1 is 0.889 bits per heavy atom. The fourth-order valence-electron chi connectivity index (χ4n) is 2.89. The number of para-hydroxylation sites is 1.